The van der Waals surface area contributed by atoms with Crippen LogP contribution in [0.2, 0.25) is 0 Å². The molecule has 180 valence electrons. The van der Waals surface area contributed by atoms with Crippen molar-refractivity contribution in [2.75, 3.05) is 52.5 Å². The smallest absolute Gasteiger partial charge is 0.253 e. The molecule has 1 amide bonds. The molecular formula is C20H27N5O6S2. The quantitative estimate of drug-likeness (QED) is 0.569. The molecule has 33 heavy (non-hydrogen) atoms. The minimum Gasteiger partial charge on any atom is -0.379 e. The van der Waals surface area contributed by atoms with Gasteiger partial charge in [0.2, 0.25) is 20.0 Å². The second-order valence-corrected chi connectivity index (χ2v) is 11.8. The zero-order valence-corrected chi connectivity index (χ0v) is 20.0. The Morgan fingerprint density at radius 2 is 1.48 bits per heavy atom. The zero-order chi connectivity index (χ0) is 23.6. The summed E-state index contributed by atoms with van der Waals surface area (Å²) in [6.07, 6.45) is 3.26. The van der Waals surface area contributed by atoms with E-state index in [0.29, 0.717) is 51.4 Å². The number of hydrogen-bond acceptors (Lipinski definition) is 7. The number of ether oxygens (including phenoxy) is 1. The molecule has 2 aliphatic heterocycles. The van der Waals surface area contributed by atoms with Gasteiger partial charge in [0.25, 0.3) is 5.91 Å². The highest BCUT2D eigenvalue weighted by molar-refractivity contribution is 7.89. The second kappa shape index (κ2) is 9.50. The Balaban J connectivity index is 1.43. The predicted octanol–water partition coefficient (Wildman–Crippen LogP) is -0.0222. The van der Waals surface area contributed by atoms with Crippen LogP contribution in [0.5, 0.6) is 0 Å². The van der Waals surface area contributed by atoms with E-state index in [1.165, 1.54) is 50.0 Å². The van der Waals surface area contributed by atoms with Gasteiger partial charge in [0, 0.05) is 58.1 Å². The van der Waals surface area contributed by atoms with Gasteiger partial charge >= 0.3 is 0 Å². The zero-order valence-electron chi connectivity index (χ0n) is 18.3. The number of benzene rings is 1. The summed E-state index contributed by atoms with van der Waals surface area (Å²) in [7, 11) is -5.66. The minimum absolute atomic E-state index is 0.127. The van der Waals surface area contributed by atoms with Crippen LogP contribution in [0.25, 0.3) is 0 Å². The Labute approximate surface area is 193 Å². The standard InChI is InChI=1S/C20H27N5O6S2/c1-22-16-19(15-21-22)33(29,30)24-8-2-7-23(9-10-24)20(26)17-3-5-18(6-4-17)32(27,28)25-11-13-31-14-12-25/h3-6,15-16H,2,7-14H2,1H3. The number of sulfonamides is 2. The highest BCUT2D eigenvalue weighted by Gasteiger charge is 2.30. The molecule has 4 rings (SSSR count). The van der Waals surface area contributed by atoms with Gasteiger partial charge in [0.05, 0.1) is 24.3 Å². The second-order valence-electron chi connectivity index (χ2n) is 7.94. The van der Waals surface area contributed by atoms with Crippen molar-refractivity contribution >= 4 is 26.0 Å². The Morgan fingerprint density at radius 1 is 0.848 bits per heavy atom. The van der Waals surface area contributed by atoms with Crippen LogP contribution in [0.1, 0.15) is 16.8 Å². The fourth-order valence-corrected chi connectivity index (χ4v) is 6.77. The highest BCUT2D eigenvalue weighted by atomic mass is 32.2. The molecule has 0 spiro atoms. The monoisotopic (exact) mass is 497 g/mol. The lowest BCUT2D eigenvalue weighted by Gasteiger charge is -2.26. The van der Waals surface area contributed by atoms with Gasteiger partial charge in [0.15, 0.2) is 0 Å². The molecule has 0 atom stereocenters. The van der Waals surface area contributed by atoms with Crippen LogP contribution in [-0.4, -0.2) is 98.5 Å². The van der Waals surface area contributed by atoms with E-state index in [1.54, 1.807) is 11.9 Å². The van der Waals surface area contributed by atoms with Crippen molar-refractivity contribution in [3.63, 3.8) is 0 Å². The number of amides is 1. The topological polar surface area (TPSA) is 122 Å². The van der Waals surface area contributed by atoms with E-state index in [4.69, 9.17) is 4.74 Å². The fourth-order valence-electron chi connectivity index (χ4n) is 3.91. The first-order chi connectivity index (χ1) is 15.7. The molecule has 1 aromatic carbocycles. The molecule has 0 N–H and O–H groups in total. The number of hydrogen-bond donors (Lipinski definition) is 0. The van der Waals surface area contributed by atoms with Crippen LogP contribution >= 0.6 is 0 Å². The van der Waals surface area contributed by atoms with Gasteiger partial charge in [-0.15, -0.1) is 0 Å². The van der Waals surface area contributed by atoms with Crippen molar-refractivity contribution < 1.29 is 26.4 Å². The van der Waals surface area contributed by atoms with Gasteiger partial charge in [0.1, 0.15) is 4.90 Å². The predicted molar refractivity (Wildman–Crippen MR) is 119 cm³/mol. The van der Waals surface area contributed by atoms with Crippen molar-refractivity contribution in [3.8, 4) is 0 Å². The largest absolute Gasteiger partial charge is 0.379 e. The summed E-state index contributed by atoms with van der Waals surface area (Å²) in [5.74, 6) is -0.258. The molecule has 13 heteroatoms. The lowest BCUT2D eigenvalue weighted by Crippen LogP contribution is -2.40. The molecule has 1 aromatic heterocycles. The molecule has 0 unspecified atom stereocenters. The number of aryl methyl sites for hydroxylation is 1. The van der Waals surface area contributed by atoms with Gasteiger partial charge in [-0.05, 0) is 30.7 Å². The average Bonchev–Trinajstić information content (AvgIpc) is 3.11. The van der Waals surface area contributed by atoms with Crippen LogP contribution in [-0.2, 0) is 31.8 Å². The highest BCUT2D eigenvalue weighted by Crippen LogP contribution is 2.20. The van der Waals surface area contributed by atoms with E-state index in [0.717, 1.165) is 0 Å². The van der Waals surface area contributed by atoms with Crippen LogP contribution in [0, 0.1) is 0 Å². The van der Waals surface area contributed by atoms with Gasteiger partial charge in [-0.1, -0.05) is 0 Å². The molecule has 0 radical (unpaired) electrons. The van der Waals surface area contributed by atoms with Gasteiger partial charge in [-0.25, -0.2) is 16.8 Å². The maximum Gasteiger partial charge on any atom is 0.253 e. The van der Waals surface area contributed by atoms with Crippen LogP contribution < -0.4 is 0 Å². The first kappa shape index (κ1) is 23.8. The normalized spacial score (nSPS) is 19.4. The molecule has 2 aliphatic rings. The Morgan fingerprint density at radius 3 is 2.12 bits per heavy atom. The van der Waals surface area contributed by atoms with E-state index < -0.39 is 20.0 Å². The van der Waals surface area contributed by atoms with Gasteiger partial charge in [-0.3, -0.25) is 9.48 Å². The Kier molecular flexibility index (Phi) is 6.86. The molecule has 11 nitrogen and oxygen atoms in total. The number of aromatic nitrogens is 2. The Hall–Kier alpha value is -2.32. The number of nitrogens with zero attached hydrogens (tertiary/aromatic N) is 5. The third kappa shape index (κ3) is 4.96. The Bertz CT molecular complexity index is 1200. The van der Waals surface area contributed by atoms with E-state index in [-0.39, 0.29) is 28.8 Å². The van der Waals surface area contributed by atoms with Gasteiger partial charge in [-0.2, -0.15) is 13.7 Å². The molecular weight excluding hydrogens is 470 g/mol. The third-order valence-electron chi connectivity index (χ3n) is 5.77. The molecule has 0 aliphatic carbocycles. The maximum atomic E-state index is 13.0. The number of rotatable bonds is 5. The van der Waals surface area contributed by atoms with Crippen LogP contribution in [0.15, 0.2) is 46.5 Å². The van der Waals surface area contributed by atoms with E-state index in [1.807, 2.05) is 0 Å². The molecule has 0 saturated carbocycles. The van der Waals surface area contributed by atoms with E-state index in [9.17, 15) is 21.6 Å². The lowest BCUT2D eigenvalue weighted by molar-refractivity contribution is 0.0730. The SMILES string of the molecule is Cn1cc(S(=O)(=O)N2CCCN(C(=O)c3ccc(S(=O)(=O)N4CCOCC4)cc3)CC2)cn1. The fraction of sp³-hybridized carbons (Fsp3) is 0.500. The summed E-state index contributed by atoms with van der Waals surface area (Å²) in [5.41, 5.74) is 0.361. The maximum absolute atomic E-state index is 13.0. The minimum atomic E-state index is -3.68. The van der Waals surface area contributed by atoms with Crippen molar-refractivity contribution in [1.29, 1.82) is 0 Å². The van der Waals surface area contributed by atoms with E-state index in [2.05, 4.69) is 5.10 Å². The first-order valence-electron chi connectivity index (χ1n) is 10.7. The van der Waals surface area contributed by atoms with Crippen LogP contribution in [0.4, 0.5) is 0 Å². The van der Waals surface area contributed by atoms with E-state index >= 15 is 0 Å². The summed E-state index contributed by atoms with van der Waals surface area (Å²) in [6.45, 7) is 2.45. The molecule has 2 aromatic rings. The number of carbonyl (C=O) groups excluding carboxylic acids is 1. The van der Waals surface area contributed by atoms with Crippen molar-refractivity contribution in [2.24, 2.45) is 7.05 Å². The molecule has 2 fully saturated rings. The summed E-state index contributed by atoms with van der Waals surface area (Å²) in [5, 5.41) is 3.93. The van der Waals surface area contributed by atoms with Crippen LogP contribution in [0.3, 0.4) is 0 Å². The molecule has 3 heterocycles. The summed E-state index contributed by atoms with van der Waals surface area (Å²) >= 11 is 0. The molecule has 0 bridgehead atoms. The summed E-state index contributed by atoms with van der Waals surface area (Å²) in [6, 6.07) is 5.89. The lowest BCUT2D eigenvalue weighted by atomic mass is 10.2. The van der Waals surface area contributed by atoms with Crippen molar-refractivity contribution in [2.45, 2.75) is 16.2 Å². The summed E-state index contributed by atoms with van der Waals surface area (Å²) in [4.78, 5) is 14.9. The van der Waals surface area contributed by atoms with Gasteiger partial charge < -0.3 is 9.64 Å². The number of carbonyl (C=O) groups is 1. The first-order valence-corrected chi connectivity index (χ1v) is 13.5. The third-order valence-corrected chi connectivity index (χ3v) is 9.53. The molecule has 2 saturated heterocycles. The summed E-state index contributed by atoms with van der Waals surface area (Å²) < 4.78 is 60.7. The number of morpholine rings is 1. The average molecular weight is 498 g/mol. The van der Waals surface area contributed by atoms with Crippen molar-refractivity contribution in [3.05, 3.63) is 42.2 Å². The van der Waals surface area contributed by atoms with Crippen molar-refractivity contribution in [1.82, 2.24) is 23.3 Å².